The quantitative estimate of drug-likeness (QED) is 0.122. The zero-order chi connectivity index (χ0) is 33.9. The van der Waals surface area contributed by atoms with E-state index in [1.807, 2.05) is 61.0 Å². The molecule has 1 atom stereocenters. The largest absolute Gasteiger partial charge is 0.478 e. The Kier molecular flexibility index (Phi) is 11.5. The second-order valence-corrected chi connectivity index (χ2v) is 15.1. The van der Waals surface area contributed by atoms with Crippen molar-refractivity contribution in [2.24, 2.45) is 5.41 Å². The van der Waals surface area contributed by atoms with Crippen molar-refractivity contribution in [1.29, 1.82) is 0 Å². The highest BCUT2D eigenvalue weighted by atomic mass is 79.9. The Labute approximate surface area is 294 Å². The zero-order valence-corrected chi connectivity index (χ0v) is 30.4. The van der Waals surface area contributed by atoms with Gasteiger partial charge < -0.3 is 19.6 Å². The fraction of sp³-hybridized carbons (Fsp3) is 0.294. The molecule has 0 saturated carbocycles. The van der Waals surface area contributed by atoms with E-state index < -0.39 is 16.0 Å². The molecule has 0 fully saturated rings. The number of carboxylic acid groups (broad SMARTS) is 1. The number of aryl methyl sites for hydroxylation is 2. The summed E-state index contributed by atoms with van der Waals surface area (Å²) < 4.78 is 38.3. The molecule has 254 valence electrons. The Bertz CT molecular complexity index is 2030. The number of benzene rings is 2. The number of hydrogen-bond acceptors (Lipinski definition) is 8. The second kappa shape index (κ2) is 15.0. The minimum absolute atomic E-state index is 0. The molecule has 3 aromatic heterocycles. The summed E-state index contributed by atoms with van der Waals surface area (Å²) in [6.07, 6.45) is 4.70. The van der Waals surface area contributed by atoms with Crippen molar-refractivity contribution < 1.29 is 23.1 Å². The second-order valence-electron chi connectivity index (χ2n) is 12.6. The van der Waals surface area contributed by atoms with Crippen LogP contribution in [0.2, 0.25) is 0 Å². The summed E-state index contributed by atoms with van der Waals surface area (Å²) in [5.74, 6) is -1.25. The zero-order valence-electron chi connectivity index (χ0n) is 27.2. The van der Waals surface area contributed by atoms with Crippen molar-refractivity contribution >= 4 is 55.9 Å². The highest BCUT2D eigenvalue weighted by Gasteiger charge is 2.23. The van der Waals surface area contributed by atoms with Gasteiger partial charge in [-0.15, -0.1) is 12.4 Å². The number of fused-ring (bicyclic) bond motifs is 1. The van der Waals surface area contributed by atoms with E-state index in [-0.39, 0.29) is 52.8 Å². The van der Waals surface area contributed by atoms with E-state index in [2.05, 4.69) is 56.7 Å². The monoisotopic (exact) mass is 756 g/mol. The number of carboxylic acids is 1. The summed E-state index contributed by atoms with van der Waals surface area (Å²) in [5.41, 5.74) is 4.73. The summed E-state index contributed by atoms with van der Waals surface area (Å²) >= 11 is 3.56. The van der Waals surface area contributed by atoms with E-state index in [1.54, 1.807) is 6.07 Å². The van der Waals surface area contributed by atoms with Crippen LogP contribution in [0.4, 0.5) is 5.95 Å². The fourth-order valence-electron chi connectivity index (χ4n) is 5.35. The minimum atomic E-state index is -4.23. The van der Waals surface area contributed by atoms with Crippen molar-refractivity contribution in [3.63, 3.8) is 0 Å². The predicted octanol–water partition coefficient (Wildman–Crippen LogP) is 7.06. The highest BCUT2D eigenvalue weighted by Crippen LogP contribution is 2.30. The highest BCUT2D eigenvalue weighted by molar-refractivity contribution is 9.10. The summed E-state index contributed by atoms with van der Waals surface area (Å²) in [5, 5.41) is 12.9. The van der Waals surface area contributed by atoms with Crippen LogP contribution in [0.15, 0.2) is 82.4 Å². The Morgan fingerprint density at radius 3 is 2.40 bits per heavy atom. The molecule has 0 amide bonds. The first-order chi connectivity index (χ1) is 22.2. The van der Waals surface area contributed by atoms with Gasteiger partial charge in [-0.1, -0.05) is 45.0 Å². The van der Waals surface area contributed by atoms with Gasteiger partial charge in [-0.2, -0.15) is 4.98 Å². The van der Waals surface area contributed by atoms with Gasteiger partial charge in [-0.05, 0) is 83.1 Å². The number of aromatic nitrogens is 4. The smallest absolute Gasteiger partial charge is 0.335 e. The van der Waals surface area contributed by atoms with Gasteiger partial charge in [0.15, 0.2) is 5.65 Å². The van der Waals surface area contributed by atoms with Gasteiger partial charge in [0.2, 0.25) is 11.8 Å². The number of anilines is 1. The molecule has 11 nitrogen and oxygen atoms in total. The number of pyridine rings is 1. The van der Waals surface area contributed by atoms with Gasteiger partial charge in [-0.25, -0.2) is 27.9 Å². The maximum Gasteiger partial charge on any atom is 0.335 e. The van der Waals surface area contributed by atoms with Crippen molar-refractivity contribution in [3.8, 4) is 17.1 Å². The molecule has 5 aromatic rings. The third kappa shape index (κ3) is 9.10. The van der Waals surface area contributed by atoms with Crippen LogP contribution in [0.5, 0.6) is 5.88 Å². The molecule has 0 aliphatic heterocycles. The molecule has 14 heteroatoms. The van der Waals surface area contributed by atoms with Crippen LogP contribution in [0.25, 0.3) is 16.9 Å². The first kappa shape index (κ1) is 36.8. The SMILES string of the molecule is Cc1cccc(C)c1-c1cc(OC[C@@H](CC(C)(C)C)NCc2cn3cccc(Br)c3n2)nc(NS(=O)(=O)c2cccc(C(=O)O)c2)n1.Cl. The van der Waals surface area contributed by atoms with Gasteiger partial charge in [0.05, 0.1) is 26.3 Å². The molecular formula is C34H38BrClN6O5S. The maximum atomic E-state index is 13.4. The Hall–Kier alpha value is -4.04. The Morgan fingerprint density at radius 1 is 1.02 bits per heavy atom. The van der Waals surface area contributed by atoms with Gasteiger partial charge in [-0.3, -0.25) is 0 Å². The van der Waals surface area contributed by atoms with E-state index >= 15 is 0 Å². The number of hydrogen-bond donors (Lipinski definition) is 3. The summed E-state index contributed by atoms with van der Waals surface area (Å²) in [6.45, 7) is 11.1. The molecule has 5 rings (SSSR count). The molecule has 2 aromatic carbocycles. The molecule has 3 N–H and O–H groups in total. The van der Waals surface area contributed by atoms with E-state index in [4.69, 9.17) is 9.72 Å². The first-order valence-corrected chi connectivity index (χ1v) is 17.3. The number of carbonyl (C=O) groups is 1. The number of imidazole rings is 1. The van der Waals surface area contributed by atoms with Crippen LogP contribution < -0.4 is 14.8 Å². The number of sulfonamides is 1. The van der Waals surface area contributed by atoms with Crippen LogP contribution in [-0.2, 0) is 16.6 Å². The molecule has 0 unspecified atom stereocenters. The minimum Gasteiger partial charge on any atom is -0.478 e. The number of nitrogens with one attached hydrogen (secondary N) is 2. The van der Waals surface area contributed by atoms with E-state index in [0.29, 0.717) is 12.2 Å². The average Bonchev–Trinajstić information content (AvgIpc) is 3.42. The van der Waals surface area contributed by atoms with Crippen molar-refractivity contribution in [2.75, 3.05) is 11.3 Å². The molecule has 0 saturated heterocycles. The summed E-state index contributed by atoms with van der Waals surface area (Å²) in [4.78, 5) is 25.0. The van der Waals surface area contributed by atoms with Crippen LogP contribution in [0.1, 0.15) is 54.4 Å². The third-order valence-corrected chi connectivity index (χ3v) is 9.35. The lowest BCUT2D eigenvalue weighted by Crippen LogP contribution is -2.37. The summed E-state index contributed by atoms with van der Waals surface area (Å²) in [7, 11) is -4.23. The molecule has 0 bridgehead atoms. The van der Waals surface area contributed by atoms with E-state index in [0.717, 1.165) is 45.0 Å². The fourth-order valence-corrected chi connectivity index (χ4v) is 6.78. The predicted molar refractivity (Wildman–Crippen MR) is 191 cm³/mol. The van der Waals surface area contributed by atoms with Gasteiger partial charge in [0.1, 0.15) is 6.61 Å². The van der Waals surface area contributed by atoms with Gasteiger partial charge in [0.25, 0.3) is 10.0 Å². The van der Waals surface area contributed by atoms with Crippen molar-refractivity contribution in [2.45, 2.75) is 58.5 Å². The molecule has 0 aliphatic rings. The molecule has 0 aliphatic carbocycles. The lowest BCUT2D eigenvalue weighted by atomic mass is 9.88. The van der Waals surface area contributed by atoms with Crippen LogP contribution >= 0.6 is 28.3 Å². The normalized spacial score (nSPS) is 12.4. The summed E-state index contributed by atoms with van der Waals surface area (Å²) in [6, 6.07) is 16.4. The van der Waals surface area contributed by atoms with Crippen molar-refractivity contribution in [3.05, 3.63) is 99.9 Å². The molecular weight excluding hydrogens is 720 g/mol. The average molecular weight is 758 g/mol. The molecule has 3 heterocycles. The number of nitrogens with zero attached hydrogens (tertiary/aromatic N) is 4. The number of halogens is 2. The number of rotatable bonds is 12. The first-order valence-electron chi connectivity index (χ1n) is 15.0. The third-order valence-electron chi connectivity index (χ3n) is 7.40. The standard InChI is InChI=1S/C34H37BrN6O5S.ClH/c1-21-9-6-10-22(2)30(21)28-16-29(39-33(38-28)40-47(44,45)26-12-7-11-23(15-26)32(42)43)46-20-24(17-34(3,4)5)36-18-25-19-41-14-8-13-27(35)31(41)37-25;/h6-16,19,24,36H,17-18,20H2,1-5H3,(H,42,43)(H,38,39,40);1H/t24-;/m1./s1. The van der Waals surface area contributed by atoms with Gasteiger partial charge >= 0.3 is 5.97 Å². The molecule has 0 radical (unpaired) electrons. The number of ether oxygens (including phenoxy) is 1. The van der Waals surface area contributed by atoms with Crippen LogP contribution in [0.3, 0.4) is 0 Å². The van der Waals surface area contributed by atoms with E-state index in [9.17, 15) is 18.3 Å². The topological polar surface area (TPSA) is 148 Å². The van der Waals surface area contributed by atoms with Gasteiger partial charge in [0, 0.05) is 36.6 Å². The molecule has 48 heavy (non-hydrogen) atoms. The van der Waals surface area contributed by atoms with Crippen LogP contribution in [0, 0.1) is 19.3 Å². The number of aromatic carboxylic acids is 1. The lowest BCUT2D eigenvalue weighted by Gasteiger charge is -2.26. The lowest BCUT2D eigenvalue weighted by molar-refractivity contribution is 0.0696. The van der Waals surface area contributed by atoms with E-state index in [1.165, 1.54) is 18.2 Å². The maximum absolute atomic E-state index is 13.4. The molecule has 0 spiro atoms. The van der Waals surface area contributed by atoms with Crippen LogP contribution in [-0.4, -0.2) is 51.5 Å². The Balaban J connectivity index is 0.00000520. The Morgan fingerprint density at radius 2 is 1.73 bits per heavy atom. The van der Waals surface area contributed by atoms with Crippen molar-refractivity contribution in [1.82, 2.24) is 24.7 Å².